The van der Waals surface area contributed by atoms with Crippen LogP contribution in [0.4, 0.5) is 11.4 Å². The van der Waals surface area contributed by atoms with Crippen LogP contribution in [-0.2, 0) is 26.2 Å². The SMILES string of the molecule is CCCCNC(=O)[C@H](CC)N(Cc1c(Cl)cccc1Cl)C(=O)CN(c1cc([N+](=O)[O-])ccc1OC)S(C)(=O)=O. The van der Waals surface area contributed by atoms with E-state index >= 15 is 0 Å². The van der Waals surface area contributed by atoms with Crippen molar-refractivity contribution < 1.29 is 27.7 Å². The number of anilines is 1. The summed E-state index contributed by atoms with van der Waals surface area (Å²) in [6, 6.07) is 7.24. The number of benzene rings is 2. The van der Waals surface area contributed by atoms with Crippen molar-refractivity contribution in [1.29, 1.82) is 0 Å². The Morgan fingerprint density at radius 3 is 2.31 bits per heavy atom. The molecule has 2 amide bonds. The molecule has 0 bridgehead atoms. The maximum Gasteiger partial charge on any atom is 0.271 e. The molecular weight excluding hydrogens is 571 g/mol. The van der Waals surface area contributed by atoms with Gasteiger partial charge in [0.2, 0.25) is 21.8 Å². The summed E-state index contributed by atoms with van der Waals surface area (Å²) >= 11 is 12.7. The average molecular weight is 604 g/mol. The third kappa shape index (κ3) is 8.45. The summed E-state index contributed by atoms with van der Waals surface area (Å²) in [6.07, 6.45) is 2.66. The van der Waals surface area contributed by atoms with Gasteiger partial charge in [0.15, 0.2) is 0 Å². The molecule has 11 nitrogen and oxygen atoms in total. The Balaban J connectivity index is 2.58. The molecule has 2 aromatic rings. The number of carbonyl (C=O) groups excluding carboxylic acids is 2. The van der Waals surface area contributed by atoms with E-state index in [1.165, 1.54) is 18.1 Å². The lowest BCUT2D eigenvalue weighted by Crippen LogP contribution is -2.52. The van der Waals surface area contributed by atoms with Crippen molar-refractivity contribution in [2.45, 2.75) is 45.7 Å². The zero-order chi connectivity index (χ0) is 29.3. The molecule has 1 atom stereocenters. The van der Waals surface area contributed by atoms with E-state index in [4.69, 9.17) is 27.9 Å². The number of carbonyl (C=O) groups is 2. The van der Waals surface area contributed by atoms with Crippen LogP contribution in [0, 0.1) is 10.1 Å². The summed E-state index contributed by atoms with van der Waals surface area (Å²) in [4.78, 5) is 38.9. The lowest BCUT2D eigenvalue weighted by Gasteiger charge is -2.33. The van der Waals surface area contributed by atoms with Crippen LogP contribution in [0.2, 0.25) is 10.0 Å². The van der Waals surface area contributed by atoms with Crippen molar-refractivity contribution >= 4 is 56.4 Å². The standard InChI is InChI=1S/C25H32Cl2N4O7S/c1-5-7-13-28-25(33)21(6-2)29(15-18-19(26)9-8-10-20(18)27)24(32)16-30(39(4,36)37)22-14-17(31(34)35)11-12-23(22)38-3/h8-12,14,21H,5-7,13,15-16H2,1-4H3,(H,28,33)/t21-/m0/s1. The molecule has 214 valence electrons. The molecule has 0 radical (unpaired) electrons. The van der Waals surface area contributed by atoms with Crippen LogP contribution in [-0.4, -0.2) is 62.6 Å². The first-order valence-corrected chi connectivity index (χ1v) is 14.8. The van der Waals surface area contributed by atoms with Gasteiger partial charge < -0.3 is 15.0 Å². The van der Waals surface area contributed by atoms with E-state index < -0.39 is 45.0 Å². The van der Waals surface area contributed by atoms with Crippen LogP contribution >= 0.6 is 23.2 Å². The van der Waals surface area contributed by atoms with Crippen molar-refractivity contribution in [2.24, 2.45) is 0 Å². The van der Waals surface area contributed by atoms with E-state index in [1.54, 1.807) is 25.1 Å². The highest BCUT2D eigenvalue weighted by atomic mass is 35.5. The number of sulfonamides is 1. The van der Waals surface area contributed by atoms with Crippen molar-refractivity contribution in [3.63, 3.8) is 0 Å². The van der Waals surface area contributed by atoms with Crippen molar-refractivity contribution in [1.82, 2.24) is 10.2 Å². The van der Waals surface area contributed by atoms with Gasteiger partial charge in [0, 0.05) is 40.8 Å². The summed E-state index contributed by atoms with van der Waals surface area (Å²) in [5.74, 6) is -1.16. The molecule has 1 N–H and O–H groups in total. The predicted octanol–water partition coefficient (Wildman–Crippen LogP) is 4.40. The summed E-state index contributed by atoms with van der Waals surface area (Å²) in [6.45, 7) is 3.15. The highest BCUT2D eigenvalue weighted by Crippen LogP contribution is 2.34. The first kappa shape index (κ1) is 32.1. The van der Waals surface area contributed by atoms with E-state index in [9.17, 15) is 28.1 Å². The minimum atomic E-state index is -4.15. The first-order valence-electron chi connectivity index (χ1n) is 12.2. The van der Waals surface area contributed by atoms with Gasteiger partial charge in [-0.15, -0.1) is 0 Å². The average Bonchev–Trinajstić information content (AvgIpc) is 2.87. The van der Waals surface area contributed by atoms with E-state index in [1.807, 2.05) is 6.92 Å². The Hall–Kier alpha value is -3.09. The first-order chi connectivity index (χ1) is 18.3. The predicted molar refractivity (Wildman–Crippen MR) is 151 cm³/mol. The Labute approximate surface area is 238 Å². The molecular formula is C25H32Cl2N4O7S. The van der Waals surface area contributed by atoms with Gasteiger partial charge in [-0.3, -0.25) is 24.0 Å². The fraction of sp³-hybridized carbons (Fsp3) is 0.440. The molecule has 0 spiro atoms. The molecule has 39 heavy (non-hydrogen) atoms. The number of nitrogens with zero attached hydrogens (tertiary/aromatic N) is 3. The summed E-state index contributed by atoms with van der Waals surface area (Å²) in [7, 11) is -2.88. The highest BCUT2D eigenvalue weighted by Gasteiger charge is 2.33. The number of amides is 2. The number of nitro benzene ring substituents is 1. The Kier molecular flexibility index (Phi) is 11.8. The maximum atomic E-state index is 13.8. The maximum absolute atomic E-state index is 13.8. The summed E-state index contributed by atoms with van der Waals surface area (Å²) < 4.78 is 31.7. The van der Waals surface area contributed by atoms with Crippen LogP contribution in [0.25, 0.3) is 0 Å². The molecule has 0 heterocycles. The number of ether oxygens (including phenoxy) is 1. The van der Waals surface area contributed by atoms with Gasteiger partial charge in [-0.1, -0.05) is 49.5 Å². The van der Waals surface area contributed by atoms with Crippen molar-refractivity contribution in [3.8, 4) is 5.75 Å². The number of halogens is 2. The normalized spacial score (nSPS) is 11.9. The molecule has 2 rings (SSSR count). The number of nitro groups is 1. The number of rotatable bonds is 14. The van der Waals surface area contributed by atoms with Crippen LogP contribution in [0.1, 0.15) is 38.7 Å². The zero-order valence-corrected chi connectivity index (χ0v) is 24.5. The van der Waals surface area contributed by atoms with Gasteiger partial charge in [0.25, 0.3) is 5.69 Å². The number of non-ortho nitro benzene ring substituents is 1. The number of hydrogen-bond acceptors (Lipinski definition) is 7. The van der Waals surface area contributed by atoms with Gasteiger partial charge in [-0.25, -0.2) is 8.42 Å². The van der Waals surface area contributed by atoms with Gasteiger partial charge in [0.1, 0.15) is 24.0 Å². The summed E-state index contributed by atoms with van der Waals surface area (Å²) in [5.41, 5.74) is -0.208. The van der Waals surface area contributed by atoms with Crippen molar-refractivity contribution in [3.05, 3.63) is 62.1 Å². The molecule has 0 aliphatic rings. The quantitative estimate of drug-likeness (QED) is 0.192. The molecule has 0 aliphatic heterocycles. The smallest absolute Gasteiger partial charge is 0.271 e. The van der Waals surface area contributed by atoms with E-state index in [0.717, 1.165) is 31.2 Å². The minimum absolute atomic E-state index is 0.00359. The molecule has 0 saturated heterocycles. The van der Waals surface area contributed by atoms with Gasteiger partial charge in [0.05, 0.1) is 18.3 Å². The second-order valence-corrected chi connectivity index (χ2v) is 11.4. The second-order valence-electron chi connectivity index (χ2n) is 8.67. The Bertz CT molecular complexity index is 1290. The molecule has 0 aliphatic carbocycles. The van der Waals surface area contributed by atoms with Crippen LogP contribution in [0.5, 0.6) is 5.75 Å². The summed E-state index contributed by atoms with van der Waals surface area (Å²) in [5, 5.41) is 14.7. The minimum Gasteiger partial charge on any atom is -0.495 e. The highest BCUT2D eigenvalue weighted by molar-refractivity contribution is 7.92. The van der Waals surface area contributed by atoms with Gasteiger partial charge in [-0.2, -0.15) is 0 Å². The lowest BCUT2D eigenvalue weighted by atomic mass is 10.1. The van der Waals surface area contributed by atoms with E-state index in [-0.39, 0.29) is 34.4 Å². The molecule has 2 aromatic carbocycles. The molecule has 0 saturated carbocycles. The van der Waals surface area contributed by atoms with Crippen LogP contribution in [0.15, 0.2) is 36.4 Å². The topological polar surface area (TPSA) is 139 Å². The third-order valence-corrected chi connectivity index (χ3v) is 7.76. The monoisotopic (exact) mass is 602 g/mol. The molecule has 0 aromatic heterocycles. The van der Waals surface area contributed by atoms with Crippen LogP contribution < -0.4 is 14.4 Å². The zero-order valence-electron chi connectivity index (χ0n) is 22.1. The van der Waals surface area contributed by atoms with Gasteiger partial charge >= 0.3 is 0 Å². The molecule has 0 unspecified atom stereocenters. The fourth-order valence-corrected chi connectivity index (χ4v) is 5.22. The van der Waals surface area contributed by atoms with E-state index in [0.29, 0.717) is 16.4 Å². The number of hydrogen-bond donors (Lipinski definition) is 1. The molecule has 0 fully saturated rings. The number of methoxy groups -OCH3 is 1. The van der Waals surface area contributed by atoms with E-state index in [2.05, 4.69) is 5.32 Å². The number of nitrogens with one attached hydrogen (secondary N) is 1. The lowest BCUT2D eigenvalue weighted by molar-refractivity contribution is -0.384. The third-order valence-electron chi connectivity index (χ3n) is 5.93. The number of unbranched alkanes of at least 4 members (excludes halogenated alkanes) is 1. The second kappa shape index (κ2) is 14.3. The largest absolute Gasteiger partial charge is 0.495 e. The molecule has 14 heteroatoms. The van der Waals surface area contributed by atoms with Crippen LogP contribution in [0.3, 0.4) is 0 Å². The Morgan fingerprint density at radius 1 is 1.15 bits per heavy atom. The van der Waals surface area contributed by atoms with Gasteiger partial charge in [-0.05, 0) is 31.0 Å². The fourth-order valence-electron chi connectivity index (χ4n) is 3.86. The van der Waals surface area contributed by atoms with Crippen molar-refractivity contribution in [2.75, 3.05) is 30.8 Å². The Morgan fingerprint density at radius 2 is 1.79 bits per heavy atom.